The van der Waals surface area contributed by atoms with E-state index < -0.39 is 23.6 Å². The molecule has 1 fully saturated rings. The summed E-state index contributed by atoms with van der Waals surface area (Å²) in [5.41, 5.74) is 0.206. The van der Waals surface area contributed by atoms with Crippen molar-refractivity contribution in [2.45, 2.75) is 32.5 Å². The third-order valence-electron chi connectivity index (χ3n) is 5.48. The summed E-state index contributed by atoms with van der Waals surface area (Å²) in [6.45, 7) is 3.29. The maximum Gasteiger partial charge on any atom is 0.416 e. The standard InChI is InChI=1S/C22H21F3N2O2S/c1-14-5-3-9-26(12-14)19-18(17-8-4-10-30-17)20(28)27(21(19)29)13-15-6-2-7-16(11-15)22(23,24)25/h2,4,6-8,10-11,14H,3,5,9,12-13H2,1H3. The van der Waals surface area contributed by atoms with Crippen LogP contribution < -0.4 is 0 Å². The number of carbonyl (C=O) groups is 2. The zero-order valence-corrected chi connectivity index (χ0v) is 17.2. The van der Waals surface area contributed by atoms with E-state index in [1.807, 2.05) is 16.3 Å². The number of piperidine rings is 1. The van der Waals surface area contributed by atoms with Gasteiger partial charge in [0.25, 0.3) is 11.8 Å². The number of alkyl halides is 3. The third-order valence-corrected chi connectivity index (χ3v) is 6.37. The lowest BCUT2D eigenvalue weighted by atomic mass is 9.99. The van der Waals surface area contributed by atoms with E-state index in [4.69, 9.17) is 0 Å². The van der Waals surface area contributed by atoms with Crippen molar-refractivity contribution in [3.63, 3.8) is 0 Å². The van der Waals surface area contributed by atoms with Crippen molar-refractivity contribution in [3.05, 3.63) is 63.5 Å². The van der Waals surface area contributed by atoms with E-state index in [-0.39, 0.29) is 12.1 Å². The van der Waals surface area contributed by atoms with Crippen LogP contribution in [0.1, 0.15) is 35.8 Å². The second-order valence-electron chi connectivity index (χ2n) is 7.79. The molecule has 2 aliphatic rings. The number of halogens is 3. The van der Waals surface area contributed by atoms with Crippen LogP contribution in [0.25, 0.3) is 5.57 Å². The Morgan fingerprint density at radius 3 is 2.60 bits per heavy atom. The Balaban J connectivity index is 1.68. The summed E-state index contributed by atoms with van der Waals surface area (Å²) in [6, 6.07) is 8.38. The highest BCUT2D eigenvalue weighted by atomic mass is 32.1. The zero-order valence-electron chi connectivity index (χ0n) is 16.4. The van der Waals surface area contributed by atoms with Gasteiger partial charge in [-0.3, -0.25) is 14.5 Å². The molecule has 3 heterocycles. The SMILES string of the molecule is CC1CCCN(C2=C(c3cccs3)C(=O)N(Cc3cccc(C(F)(F)F)c3)C2=O)C1. The first kappa shape index (κ1) is 20.7. The number of nitrogens with zero attached hydrogens (tertiary/aromatic N) is 2. The van der Waals surface area contributed by atoms with Crippen LogP contribution in [0.15, 0.2) is 47.5 Å². The zero-order chi connectivity index (χ0) is 21.5. The molecule has 1 saturated heterocycles. The van der Waals surface area contributed by atoms with E-state index >= 15 is 0 Å². The molecule has 8 heteroatoms. The van der Waals surface area contributed by atoms with E-state index in [2.05, 4.69) is 6.92 Å². The molecule has 0 aliphatic carbocycles. The lowest BCUT2D eigenvalue weighted by molar-refractivity contribution is -0.138. The van der Waals surface area contributed by atoms with Gasteiger partial charge < -0.3 is 4.90 Å². The summed E-state index contributed by atoms with van der Waals surface area (Å²) in [4.78, 5) is 30.3. The normalized spacial score (nSPS) is 20.5. The summed E-state index contributed by atoms with van der Waals surface area (Å²) in [7, 11) is 0. The number of carbonyl (C=O) groups excluding carboxylic acids is 2. The average Bonchev–Trinajstić information content (AvgIpc) is 3.30. The van der Waals surface area contributed by atoms with Crippen LogP contribution in [0.3, 0.4) is 0 Å². The monoisotopic (exact) mass is 434 g/mol. The maximum atomic E-state index is 13.3. The fourth-order valence-electron chi connectivity index (χ4n) is 4.06. The number of likely N-dealkylation sites (tertiary alicyclic amines) is 1. The van der Waals surface area contributed by atoms with Gasteiger partial charge in [0.2, 0.25) is 0 Å². The van der Waals surface area contributed by atoms with Crippen LogP contribution >= 0.6 is 11.3 Å². The lowest BCUT2D eigenvalue weighted by Crippen LogP contribution is -2.39. The Morgan fingerprint density at radius 2 is 1.93 bits per heavy atom. The van der Waals surface area contributed by atoms with Crippen LogP contribution in [0.5, 0.6) is 0 Å². The molecule has 1 aromatic heterocycles. The number of thiophene rings is 1. The molecule has 0 saturated carbocycles. The van der Waals surface area contributed by atoms with Gasteiger partial charge in [-0.2, -0.15) is 13.2 Å². The van der Waals surface area contributed by atoms with Gasteiger partial charge in [-0.25, -0.2) is 0 Å². The van der Waals surface area contributed by atoms with E-state index in [0.29, 0.717) is 35.2 Å². The number of hydrogen-bond acceptors (Lipinski definition) is 4. The van der Waals surface area contributed by atoms with Crippen LogP contribution in [0.4, 0.5) is 13.2 Å². The molecule has 1 aromatic carbocycles. The molecular weight excluding hydrogens is 413 g/mol. The number of imide groups is 1. The minimum absolute atomic E-state index is 0.191. The van der Waals surface area contributed by atoms with E-state index in [1.165, 1.54) is 23.5 Å². The van der Waals surface area contributed by atoms with Crippen LogP contribution in [-0.4, -0.2) is 34.7 Å². The van der Waals surface area contributed by atoms with Crippen LogP contribution in [-0.2, 0) is 22.3 Å². The molecule has 158 valence electrons. The average molecular weight is 434 g/mol. The van der Waals surface area contributed by atoms with Gasteiger partial charge in [0.05, 0.1) is 17.7 Å². The Hall–Kier alpha value is -2.61. The quantitative estimate of drug-likeness (QED) is 0.651. The summed E-state index contributed by atoms with van der Waals surface area (Å²) >= 11 is 1.38. The molecule has 2 amide bonds. The largest absolute Gasteiger partial charge is 0.416 e. The van der Waals surface area contributed by atoms with Gasteiger partial charge in [-0.15, -0.1) is 11.3 Å². The highest BCUT2D eigenvalue weighted by molar-refractivity contribution is 7.11. The fourth-order valence-corrected chi connectivity index (χ4v) is 4.83. The number of hydrogen-bond donors (Lipinski definition) is 0. The van der Waals surface area contributed by atoms with Crippen molar-refractivity contribution < 1.29 is 22.8 Å². The van der Waals surface area contributed by atoms with E-state index in [0.717, 1.165) is 29.9 Å². The fraction of sp³-hybridized carbons (Fsp3) is 0.364. The lowest BCUT2D eigenvalue weighted by Gasteiger charge is -2.33. The van der Waals surface area contributed by atoms with Crippen molar-refractivity contribution in [1.29, 1.82) is 0 Å². The van der Waals surface area contributed by atoms with Crippen LogP contribution in [0.2, 0.25) is 0 Å². The first-order valence-electron chi connectivity index (χ1n) is 9.81. The number of amides is 2. The molecule has 0 bridgehead atoms. The number of benzene rings is 1. The molecule has 0 spiro atoms. The highest BCUT2D eigenvalue weighted by Crippen LogP contribution is 2.37. The molecule has 1 unspecified atom stereocenters. The molecule has 0 radical (unpaired) electrons. The summed E-state index contributed by atoms with van der Waals surface area (Å²) in [5.74, 6) is -0.487. The topological polar surface area (TPSA) is 40.6 Å². The third kappa shape index (κ3) is 3.88. The van der Waals surface area contributed by atoms with Crippen LogP contribution in [0, 0.1) is 5.92 Å². The molecule has 4 rings (SSSR count). The van der Waals surface area contributed by atoms with E-state index in [1.54, 1.807) is 6.07 Å². The van der Waals surface area contributed by atoms with Crippen molar-refractivity contribution in [1.82, 2.24) is 9.80 Å². The Morgan fingerprint density at radius 1 is 1.13 bits per heavy atom. The Bertz CT molecular complexity index is 998. The highest BCUT2D eigenvalue weighted by Gasteiger charge is 2.42. The van der Waals surface area contributed by atoms with Crippen molar-refractivity contribution in [2.24, 2.45) is 5.92 Å². The van der Waals surface area contributed by atoms with Gasteiger partial charge >= 0.3 is 6.18 Å². The van der Waals surface area contributed by atoms with Crippen molar-refractivity contribution in [2.75, 3.05) is 13.1 Å². The predicted octanol–water partition coefficient (Wildman–Crippen LogP) is 4.78. The van der Waals surface area contributed by atoms with Gasteiger partial charge in [0.15, 0.2) is 0 Å². The first-order valence-corrected chi connectivity index (χ1v) is 10.7. The molecule has 1 atom stereocenters. The second kappa shape index (κ2) is 7.91. The molecule has 2 aliphatic heterocycles. The summed E-state index contributed by atoms with van der Waals surface area (Å²) in [5, 5.41) is 1.84. The van der Waals surface area contributed by atoms with Gasteiger partial charge in [0, 0.05) is 18.0 Å². The number of rotatable bonds is 4. The predicted molar refractivity (Wildman–Crippen MR) is 108 cm³/mol. The Kier molecular flexibility index (Phi) is 5.44. The van der Waals surface area contributed by atoms with Crippen molar-refractivity contribution in [3.8, 4) is 0 Å². The molecule has 30 heavy (non-hydrogen) atoms. The van der Waals surface area contributed by atoms with Gasteiger partial charge in [-0.05, 0) is 47.9 Å². The minimum atomic E-state index is -4.48. The van der Waals surface area contributed by atoms with Crippen molar-refractivity contribution >= 4 is 28.7 Å². The maximum absolute atomic E-state index is 13.3. The first-order chi connectivity index (χ1) is 14.3. The minimum Gasteiger partial charge on any atom is -0.366 e. The molecular formula is C22H21F3N2O2S. The molecule has 4 nitrogen and oxygen atoms in total. The second-order valence-corrected chi connectivity index (χ2v) is 8.74. The van der Waals surface area contributed by atoms with E-state index in [9.17, 15) is 22.8 Å². The van der Waals surface area contributed by atoms with Gasteiger partial charge in [-0.1, -0.05) is 25.1 Å². The smallest absolute Gasteiger partial charge is 0.366 e. The summed E-state index contributed by atoms with van der Waals surface area (Å²) in [6.07, 6.45) is -2.49. The summed E-state index contributed by atoms with van der Waals surface area (Å²) < 4.78 is 39.2. The molecule has 2 aromatic rings. The molecule has 0 N–H and O–H groups in total. The Labute approximate surface area is 176 Å². The van der Waals surface area contributed by atoms with Gasteiger partial charge in [0.1, 0.15) is 5.70 Å².